The molecule has 118 valence electrons. The number of Topliss-reactive ketones (excluding diaryl/α,β-unsaturated/α-hetero) is 1. The summed E-state index contributed by atoms with van der Waals surface area (Å²) in [6.45, 7) is -0.391. The number of halogens is 1. The van der Waals surface area contributed by atoms with Gasteiger partial charge in [0.25, 0.3) is 0 Å². The minimum atomic E-state index is -0.628. The van der Waals surface area contributed by atoms with Crippen molar-refractivity contribution in [2.45, 2.75) is 0 Å². The smallest absolute Gasteiger partial charge is 0.331 e. The number of hydrogen-bond donors (Lipinski definition) is 0. The van der Waals surface area contributed by atoms with Crippen molar-refractivity contribution in [3.8, 4) is 5.75 Å². The summed E-state index contributed by atoms with van der Waals surface area (Å²) in [6, 6.07) is 12.2. The topological polar surface area (TPSA) is 52.6 Å². The number of ether oxygens (including phenoxy) is 2. The van der Waals surface area contributed by atoms with Crippen LogP contribution in [0.4, 0.5) is 4.39 Å². The summed E-state index contributed by atoms with van der Waals surface area (Å²) in [5, 5.41) is 0. The van der Waals surface area contributed by atoms with Gasteiger partial charge in [0.1, 0.15) is 11.6 Å². The van der Waals surface area contributed by atoms with E-state index in [0.717, 1.165) is 11.3 Å². The molecule has 0 amide bonds. The first-order valence-corrected chi connectivity index (χ1v) is 6.86. The summed E-state index contributed by atoms with van der Waals surface area (Å²) in [5.41, 5.74) is 1.09. The predicted octanol–water partition coefficient (Wildman–Crippen LogP) is 3.27. The molecule has 2 aromatic carbocycles. The second kappa shape index (κ2) is 7.89. The molecule has 0 spiro atoms. The van der Waals surface area contributed by atoms with E-state index in [9.17, 15) is 14.0 Å². The maximum atomic E-state index is 12.8. The van der Waals surface area contributed by atoms with Gasteiger partial charge in [-0.05, 0) is 48.0 Å². The fourth-order valence-corrected chi connectivity index (χ4v) is 1.78. The van der Waals surface area contributed by atoms with Crippen molar-refractivity contribution in [3.63, 3.8) is 0 Å². The number of hydrogen-bond acceptors (Lipinski definition) is 4. The number of methoxy groups -OCH3 is 1. The lowest BCUT2D eigenvalue weighted by atomic mass is 10.1. The Labute approximate surface area is 133 Å². The van der Waals surface area contributed by atoms with Crippen molar-refractivity contribution in [2.24, 2.45) is 0 Å². The van der Waals surface area contributed by atoms with Gasteiger partial charge in [-0.25, -0.2) is 9.18 Å². The Balaban J connectivity index is 1.85. The Hall–Kier alpha value is -2.95. The number of benzene rings is 2. The van der Waals surface area contributed by atoms with Crippen LogP contribution in [0.5, 0.6) is 5.75 Å². The summed E-state index contributed by atoms with van der Waals surface area (Å²) in [7, 11) is 1.57. The molecule has 0 radical (unpaired) electrons. The number of ketones is 1. The van der Waals surface area contributed by atoms with Gasteiger partial charge in [0.05, 0.1) is 7.11 Å². The third-order valence-corrected chi connectivity index (χ3v) is 3.04. The van der Waals surface area contributed by atoms with Gasteiger partial charge < -0.3 is 9.47 Å². The van der Waals surface area contributed by atoms with Crippen molar-refractivity contribution in [1.29, 1.82) is 0 Å². The SMILES string of the molecule is COc1ccc(C=CC(=O)OCC(=O)c2ccc(F)cc2)cc1. The maximum Gasteiger partial charge on any atom is 0.331 e. The number of carbonyl (C=O) groups is 2. The fraction of sp³-hybridized carbons (Fsp3) is 0.111. The van der Waals surface area contributed by atoms with Crippen LogP contribution in [-0.2, 0) is 9.53 Å². The highest BCUT2D eigenvalue weighted by molar-refractivity contribution is 5.98. The monoisotopic (exact) mass is 314 g/mol. The molecule has 0 aliphatic carbocycles. The van der Waals surface area contributed by atoms with Crippen LogP contribution in [0, 0.1) is 5.82 Å². The van der Waals surface area contributed by atoms with Gasteiger partial charge >= 0.3 is 5.97 Å². The molecule has 0 aromatic heterocycles. The summed E-state index contributed by atoms with van der Waals surface area (Å²) in [6.07, 6.45) is 2.81. The Bertz CT molecular complexity index is 703. The van der Waals surface area contributed by atoms with E-state index in [1.165, 1.54) is 30.3 Å². The summed E-state index contributed by atoms with van der Waals surface area (Å²) >= 11 is 0. The number of esters is 1. The molecule has 23 heavy (non-hydrogen) atoms. The molecule has 0 fully saturated rings. The zero-order valence-electron chi connectivity index (χ0n) is 12.5. The molecule has 0 aliphatic rings. The van der Waals surface area contributed by atoms with Crippen molar-refractivity contribution < 1.29 is 23.5 Å². The molecule has 0 bridgehead atoms. The molecule has 0 unspecified atom stereocenters. The van der Waals surface area contributed by atoms with Crippen LogP contribution in [-0.4, -0.2) is 25.5 Å². The molecule has 0 saturated carbocycles. The molecule has 0 aliphatic heterocycles. The van der Waals surface area contributed by atoms with E-state index in [0.29, 0.717) is 5.56 Å². The molecule has 5 heteroatoms. The number of rotatable bonds is 6. The van der Waals surface area contributed by atoms with E-state index in [4.69, 9.17) is 9.47 Å². The lowest BCUT2D eigenvalue weighted by molar-refractivity contribution is -0.136. The van der Waals surface area contributed by atoms with Crippen LogP contribution < -0.4 is 4.74 Å². The Morgan fingerprint density at radius 3 is 2.30 bits per heavy atom. The first-order chi connectivity index (χ1) is 11.1. The third kappa shape index (κ3) is 5.07. The fourth-order valence-electron chi connectivity index (χ4n) is 1.78. The quantitative estimate of drug-likeness (QED) is 0.466. The van der Waals surface area contributed by atoms with Crippen molar-refractivity contribution in [1.82, 2.24) is 0 Å². The predicted molar refractivity (Wildman–Crippen MR) is 83.7 cm³/mol. The highest BCUT2D eigenvalue weighted by Gasteiger charge is 2.08. The third-order valence-electron chi connectivity index (χ3n) is 3.04. The van der Waals surface area contributed by atoms with E-state index in [2.05, 4.69) is 0 Å². The largest absolute Gasteiger partial charge is 0.497 e. The lowest BCUT2D eigenvalue weighted by Gasteiger charge is -2.02. The highest BCUT2D eigenvalue weighted by atomic mass is 19.1. The summed E-state index contributed by atoms with van der Waals surface area (Å²) in [4.78, 5) is 23.4. The van der Waals surface area contributed by atoms with E-state index in [1.807, 2.05) is 0 Å². The average Bonchev–Trinajstić information content (AvgIpc) is 2.59. The van der Waals surface area contributed by atoms with Crippen LogP contribution in [0.3, 0.4) is 0 Å². The lowest BCUT2D eigenvalue weighted by Crippen LogP contribution is -2.12. The molecule has 0 atom stereocenters. The molecular weight excluding hydrogens is 299 g/mol. The van der Waals surface area contributed by atoms with Crippen LogP contribution in [0.1, 0.15) is 15.9 Å². The second-order valence-corrected chi connectivity index (χ2v) is 4.64. The van der Waals surface area contributed by atoms with E-state index < -0.39 is 24.2 Å². The van der Waals surface area contributed by atoms with Gasteiger partial charge in [-0.1, -0.05) is 12.1 Å². The van der Waals surface area contributed by atoms with Crippen LogP contribution in [0.25, 0.3) is 6.08 Å². The minimum Gasteiger partial charge on any atom is -0.497 e. The highest BCUT2D eigenvalue weighted by Crippen LogP contribution is 2.12. The van der Waals surface area contributed by atoms with Crippen molar-refractivity contribution >= 4 is 17.8 Å². The van der Waals surface area contributed by atoms with Gasteiger partial charge in [0.2, 0.25) is 0 Å². The van der Waals surface area contributed by atoms with Gasteiger partial charge in [0, 0.05) is 11.6 Å². The Morgan fingerprint density at radius 2 is 1.70 bits per heavy atom. The van der Waals surface area contributed by atoms with Gasteiger partial charge in [-0.2, -0.15) is 0 Å². The van der Waals surface area contributed by atoms with Gasteiger partial charge in [0.15, 0.2) is 12.4 Å². The standard InChI is InChI=1S/C18H15FO4/c1-22-16-9-2-13(3-10-16)4-11-18(21)23-12-17(20)14-5-7-15(19)8-6-14/h2-11H,12H2,1H3. The van der Waals surface area contributed by atoms with E-state index >= 15 is 0 Å². The Morgan fingerprint density at radius 1 is 1.04 bits per heavy atom. The first-order valence-electron chi connectivity index (χ1n) is 6.86. The van der Waals surface area contributed by atoms with Crippen molar-refractivity contribution in [3.05, 3.63) is 71.6 Å². The average molecular weight is 314 g/mol. The molecule has 2 aromatic rings. The summed E-state index contributed by atoms with van der Waals surface area (Å²) < 4.78 is 22.7. The molecule has 0 saturated heterocycles. The number of carbonyl (C=O) groups excluding carboxylic acids is 2. The van der Waals surface area contributed by atoms with E-state index in [1.54, 1.807) is 37.5 Å². The molecule has 2 rings (SSSR count). The Kier molecular flexibility index (Phi) is 5.63. The normalized spacial score (nSPS) is 10.5. The zero-order chi connectivity index (χ0) is 16.7. The maximum absolute atomic E-state index is 12.8. The van der Waals surface area contributed by atoms with Crippen molar-refractivity contribution in [2.75, 3.05) is 13.7 Å². The summed E-state index contributed by atoms with van der Waals surface area (Å²) in [5.74, 6) is -0.733. The minimum absolute atomic E-state index is 0.290. The van der Waals surface area contributed by atoms with E-state index in [-0.39, 0.29) is 0 Å². The molecule has 0 N–H and O–H groups in total. The van der Waals surface area contributed by atoms with Gasteiger partial charge in [-0.3, -0.25) is 4.79 Å². The van der Waals surface area contributed by atoms with Crippen LogP contribution >= 0.6 is 0 Å². The molecular formula is C18H15FO4. The van der Waals surface area contributed by atoms with Gasteiger partial charge in [-0.15, -0.1) is 0 Å². The molecule has 4 nitrogen and oxygen atoms in total. The van der Waals surface area contributed by atoms with Crippen LogP contribution in [0.15, 0.2) is 54.6 Å². The zero-order valence-corrected chi connectivity index (χ0v) is 12.5. The molecule has 0 heterocycles. The second-order valence-electron chi connectivity index (χ2n) is 4.64. The first kappa shape index (κ1) is 16.4. The van der Waals surface area contributed by atoms with Crippen LogP contribution in [0.2, 0.25) is 0 Å².